The Labute approximate surface area is 113 Å². The van der Waals surface area contributed by atoms with Crippen LogP contribution >= 0.6 is 11.8 Å². The molecule has 0 aromatic heterocycles. The van der Waals surface area contributed by atoms with Gasteiger partial charge in [-0.25, -0.2) is 0 Å². The SMILES string of the molecule is CC(=O)SCC[C@H]1C=C2C(C)=C(C)OC(C)=C2C1. The predicted octanol–water partition coefficient (Wildman–Crippen LogP) is 4.20. The molecule has 0 aromatic carbocycles. The largest absolute Gasteiger partial charge is 0.466 e. The van der Waals surface area contributed by atoms with Crippen molar-refractivity contribution in [3.05, 3.63) is 34.3 Å². The van der Waals surface area contributed by atoms with Crippen LogP contribution in [0.3, 0.4) is 0 Å². The summed E-state index contributed by atoms with van der Waals surface area (Å²) in [4.78, 5) is 10.9. The van der Waals surface area contributed by atoms with E-state index < -0.39 is 0 Å². The van der Waals surface area contributed by atoms with E-state index in [9.17, 15) is 4.79 Å². The summed E-state index contributed by atoms with van der Waals surface area (Å²) in [6.45, 7) is 7.83. The minimum Gasteiger partial charge on any atom is -0.466 e. The molecule has 0 saturated carbocycles. The molecule has 0 aromatic rings. The van der Waals surface area contributed by atoms with Gasteiger partial charge in [0.05, 0.1) is 0 Å². The van der Waals surface area contributed by atoms with Gasteiger partial charge in [0.15, 0.2) is 5.12 Å². The summed E-state index contributed by atoms with van der Waals surface area (Å²) < 4.78 is 5.76. The number of thioether (sulfide) groups is 1. The zero-order valence-corrected chi connectivity index (χ0v) is 12.3. The van der Waals surface area contributed by atoms with Crippen molar-refractivity contribution in [3.63, 3.8) is 0 Å². The normalized spacial score (nSPS) is 22.9. The van der Waals surface area contributed by atoms with Gasteiger partial charge in [-0.2, -0.15) is 0 Å². The van der Waals surface area contributed by atoms with Gasteiger partial charge in [-0.05, 0) is 56.3 Å². The zero-order chi connectivity index (χ0) is 13.3. The predicted molar refractivity (Wildman–Crippen MR) is 76.1 cm³/mol. The highest BCUT2D eigenvalue weighted by Crippen LogP contribution is 2.42. The van der Waals surface area contributed by atoms with Crippen molar-refractivity contribution in [2.75, 3.05) is 5.75 Å². The van der Waals surface area contributed by atoms with Gasteiger partial charge in [0.2, 0.25) is 0 Å². The zero-order valence-electron chi connectivity index (χ0n) is 11.5. The van der Waals surface area contributed by atoms with Gasteiger partial charge in [0.1, 0.15) is 11.5 Å². The summed E-state index contributed by atoms with van der Waals surface area (Å²) in [5, 5.41) is 0.212. The van der Waals surface area contributed by atoms with E-state index in [2.05, 4.69) is 13.0 Å². The summed E-state index contributed by atoms with van der Waals surface area (Å²) in [5.74, 6) is 3.53. The second-order valence-electron chi connectivity index (χ2n) is 4.99. The third kappa shape index (κ3) is 2.72. The first-order chi connectivity index (χ1) is 8.49. The number of fused-ring (bicyclic) bond motifs is 1. The number of carbonyl (C=O) groups excluding carboxylic acids is 1. The Kier molecular flexibility index (Phi) is 4.00. The van der Waals surface area contributed by atoms with E-state index >= 15 is 0 Å². The van der Waals surface area contributed by atoms with Crippen molar-refractivity contribution in [2.45, 2.75) is 40.5 Å². The highest BCUT2D eigenvalue weighted by Gasteiger charge is 2.28. The molecule has 0 spiro atoms. The van der Waals surface area contributed by atoms with Crippen molar-refractivity contribution in [2.24, 2.45) is 5.92 Å². The van der Waals surface area contributed by atoms with Crippen LogP contribution in [0.2, 0.25) is 0 Å². The second kappa shape index (κ2) is 5.35. The third-order valence-electron chi connectivity index (χ3n) is 3.65. The number of hydrogen-bond donors (Lipinski definition) is 0. The van der Waals surface area contributed by atoms with Crippen LogP contribution in [-0.4, -0.2) is 10.9 Å². The van der Waals surface area contributed by atoms with Gasteiger partial charge in [-0.1, -0.05) is 17.8 Å². The maximum Gasteiger partial charge on any atom is 0.185 e. The van der Waals surface area contributed by atoms with Crippen LogP contribution in [-0.2, 0) is 9.53 Å². The average molecular weight is 264 g/mol. The van der Waals surface area contributed by atoms with Crippen LogP contribution in [0.15, 0.2) is 34.3 Å². The molecule has 98 valence electrons. The maximum atomic E-state index is 10.9. The fourth-order valence-corrected chi connectivity index (χ4v) is 3.26. The highest BCUT2D eigenvalue weighted by atomic mass is 32.2. The highest BCUT2D eigenvalue weighted by molar-refractivity contribution is 8.13. The van der Waals surface area contributed by atoms with Gasteiger partial charge in [0, 0.05) is 12.7 Å². The molecule has 0 saturated heterocycles. The Hall–Kier alpha value is -0.960. The topological polar surface area (TPSA) is 26.3 Å². The van der Waals surface area contributed by atoms with Crippen LogP contribution in [0, 0.1) is 5.92 Å². The Bertz CT molecular complexity index is 469. The van der Waals surface area contributed by atoms with Crippen LogP contribution in [0.1, 0.15) is 40.5 Å². The molecule has 1 heterocycles. The molecule has 0 radical (unpaired) electrons. The minimum absolute atomic E-state index is 0.212. The van der Waals surface area contributed by atoms with Crippen LogP contribution in [0.25, 0.3) is 0 Å². The lowest BCUT2D eigenvalue weighted by atomic mass is 9.97. The molecule has 2 nitrogen and oxygen atoms in total. The quantitative estimate of drug-likeness (QED) is 0.764. The number of ether oxygens (including phenoxy) is 1. The van der Waals surface area contributed by atoms with Gasteiger partial charge in [-0.15, -0.1) is 0 Å². The summed E-state index contributed by atoms with van der Waals surface area (Å²) >= 11 is 1.43. The molecule has 1 aliphatic carbocycles. The number of allylic oxidation sites excluding steroid dienone is 6. The third-order valence-corrected chi connectivity index (χ3v) is 4.50. The Morgan fingerprint density at radius 3 is 2.78 bits per heavy atom. The molecule has 1 atom stereocenters. The van der Waals surface area contributed by atoms with E-state index in [0.717, 1.165) is 30.1 Å². The standard InChI is InChI=1S/C15H20O2S/c1-9-10(2)17-11(3)15-8-13(7-14(9)15)5-6-18-12(4)16/h7,13H,5-6,8H2,1-4H3/t13-/m0/s1. The van der Waals surface area contributed by atoms with Crippen molar-refractivity contribution in [3.8, 4) is 0 Å². The molecule has 0 unspecified atom stereocenters. The van der Waals surface area contributed by atoms with Crippen molar-refractivity contribution in [1.29, 1.82) is 0 Å². The number of rotatable bonds is 3. The smallest absolute Gasteiger partial charge is 0.185 e. The Morgan fingerprint density at radius 1 is 1.39 bits per heavy atom. The average Bonchev–Trinajstić information content (AvgIpc) is 2.70. The van der Waals surface area contributed by atoms with Crippen LogP contribution in [0.4, 0.5) is 0 Å². The first kappa shape index (κ1) is 13.5. The van der Waals surface area contributed by atoms with E-state index in [1.54, 1.807) is 6.92 Å². The summed E-state index contributed by atoms with van der Waals surface area (Å²) in [7, 11) is 0. The van der Waals surface area contributed by atoms with Crippen LogP contribution < -0.4 is 0 Å². The summed E-state index contributed by atoms with van der Waals surface area (Å²) in [6.07, 6.45) is 4.49. The fraction of sp³-hybridized carbons (Fsp3) is 0.533. The lowest BCUT2D eigenvalue weighted by Crippen LogP contribution is -2.04. The van der Waals surface area contributed by atoms with Crippen molar-refractivity contribution in [1.82, 2.24) is 0 Å². The fourth-order valence-electron chi connectivity index (χ4n) is 2.55. The number of carbonyl (C=O) groups is 1. The maximum absolute atomic E-state index is 10.9. The Morgan fingerprint density at radius 2 is 2.11 bits per heavy atom. The number of hydrogen-bond acceptors (Lipinski definition) is 3. The Balaban J connectivity index is 2.06. The molecule has 2 rings (SSSR count). The monoisotopic (exact) mass is 264 g/mol. The molecule has 0 bridgehead atoms. The molecule has 1 aliphatic heterocycles. The molecule has 2 aliphatic rings. The van der Waals surface area contributed by atoms with Crippen LogP contribution in [0.5, 0.6) is 0 Å². The molecular formula is C15H20O2S. The van der Waals surface area contributed by atoms with Gasteiger partial charge in [0.25, 0.3) is 0 Å². The lowest BCUT2D eigenvalue weighted by molar-refractivity contribution is -0.109. The molecule has 18 heavy (non-hydrogen) atoms. The van der Waals surface area contributed by atoms with Gasteiger partial charge >= 0.3 is 0 Å². The minimum atomic E-state index is 0.212. The van der Waals surface area contributed by atoms with Gasteiger partial charge < -0.3 is 4.74 Å². The van der Waals surface area contributed by atoms with E-state index in [1.165, 1.54) is 28.5 Å². The first-order valence-electron chi connectivity index (χ1n) is 6.40. The first-order valence-corrected chi connectivity index (χ1v) is 7.38. The molecule has 3 heteroatoms. The van der Waals surface area contributed by atoms with E-state index in [-0.39, 0.29) is 5.12 Å². The van der Waals surface area contributed by atoms with E-state index in [0.29, 0.717) is 5.92 Å². The van der Waals surface area contributed by atoms with Gasteiger partial charge in [-0.3, -0.25) is 4.79 Å². The molecule has 0 N–H and O–H groups in total. The summed E-state index contributed by atoms with van der Waals surface area (Å²) in [6, 6.07) is 0. The molecular weight excluding hydrogens is 244 g/mol. The van der Waals surface area contributed by atoms with E-state index in [1.807, 2.05) is 13.8 Å². The molecule has 0 fully saturated rings. The second-order valence-corrected chi connectivity index (χ2v) is 6.26. The lowest BCUT2D eigenvalue weighted by Gasteiger charge is -2.21. The molecule has 0 amide bonds. The van der Waals surface area contributed by atoms with Crippen molar-refractivity contribution >= 4 is 16.9 Å². The van der Waals surface area contributed by atoms with E-state index in [4.69, 9.17) is 4.74 Å². The van der Waals surface area contributed by atoms with Crippen molar-refractivity contribution < 1.29 is 9.53 Å². The summed E-state index contributed by atoms with van der Waals surface area (Å²) in [5.41, 5.74) is 3.99.